The van der Waals surface area contributed by atoms with Crippen molar-refractivity contribution in [3.8, 4) is 5.75 Å². The van der Waals surface area contributed by atoms with Gasteiger partial charge in [-0.2, -0.15) is 0 Å². The van der Waals surface area contributed by atoms with Gasteiger partial charge in [-0.1, -0.05) is 0 Å². The van der Waals surface area contributed by atoms with Crippen molar-refractivity contribution in [2.75, 3.05) is 32.8 Å². The maximum Gasteiger partial charge on any atom is 0.248 e. The zero-order chi connectivity index (χ0) is 21.1. The van der Waals surface area contributed by atoms with Gasteiger partial charge in [0.1, 0.15) is 36.7 Å². The number of nitrogens with one attached hydrogen (secondary N) is 1. The third-order valence-corrected chi connectivity index (χ3v) is 5.96. The van der Waals surface area contributed by atoms with Crippen LogP contribution in [0.15, 0.2) is 24.3 Å². The van der Waals surface area contributed by atoms with Crippen molar-refractivity contribution < 1.29 is 18.7 Å². The van der Waals surface area contributed by atoms with E-state index in [9.17, 15) is 9.18 Å². The number of hydrogen-bond acceptors (Lipinski definition) is 5. The second-order valence-corrected chi connectivity index (χ2v) is 8.15. The van der Waals surface area contributed by atoms with E-state index in [1.807, 2.05) is 18.7 Å². The van der Waals surface area contributed by atoms with E-state index in [1.54, 1.807) is 12.1 Å². The summed E-state index contributed by atoms with van der Waals surface area (Å²) >= 11 is 0. The van der Waals surface area contributed by atoms with Crippen molar-refractivity contribution in [2.45, 2.75) is 45.4 Å². The Labute approximate surface area is 176 Å². The Balaban J connectivity index is 1.26. The minimum atomic E-state index is -0.295. The highest BCUT2D eigenvalue weighted by Crippen LogP contribution is 2.22. The molecule has 0 spiro atoms. The fraction of sp³-hybridized carbons (Fsp3) is 0.545. The third-order valence-electron chi connectivity index (χ3n) is 5.96. The van der Waals surface area contributed by atoms with Gasteiger partial charge in [0, 0.05) is 24.8 Å². The first kappa shape index (κ1) is 20.8. The molecule has 7 nitrogen and oxygen atoms in total. The van der Waals surface area contributed by atoms with Gasteiger partial charge in [-0.3, -0.25) is 9.69 Å². The number of carbonyl (C=O) groups is 1. The van der Waals surface area contributed by atoms with Crippen LogP contribution in [0.2, 0.25) is 0 Å². The standard InChI is InChI=1S/C22H29FN4O3/c1-15-16(2)25-21(24-15)12-26-9-7-18(8-10-26)27-11-20(30-14-22(27)28)13-29-19-5-3-17(23)4-6-19/h3-6,18,20H,7-14H2,1-2H3,(H,24,25). The number of carbonyl (C=O) groups excluding carboxylic acids is 1. The second kappa shape index (κ2) is 9.14. The molecule has 3 heterocycles. The number of H-pyrrole nitrogens is 1. The maximum atomic E-state index is 13.0. The summed E-state index contributed by atoms with van der Waals surface area (Å²) in [4.78, 5) is 24.7. The summed E-state index contributed by atoms with van der Waals surface area (Å²) in [5.74, 6) is 1.35. The number of aromatic nitrogens is 2. The molecular formula is C22H29FN4O3. The highest BCUT2D eigenvalue weighted by molar-refractivity contribution is 5.78. The molecule has 0 radical (unpaired) electrons. The summed E-state index contributed by atoms with van der Waals surface area (Å²) in [5.41, 5.74) is 2.17. The molecule has 0 aliphatic carbocycles. The molecule has 1 amide bonds. The number of hydrogen-bond donors (Lipinski definition) is 1. The van der Waals surface area contributed by atoms with Crippen LogP contribution < -0.4 is 4.74 Å². The van der Waals surface area contributed by atoms with E-state index in [1.165, 1.54) is 12.1 Å². The molecule has 2 saturated heterocycles. The summed E-state index contributed by atoms with van der Waals surface area (Å²) in [6, 6.07) is 6.15. The topological polar surface area (TPSA) is 70.7 Å². The van der Waals surface area contributed by atoms with Crippen molar-refractivity contribution >= 4 is 5.91 Å². The average molecular weight is 416 g/mol. The first-order chi connectivity index (χ1) is 14.5. The molecule has 4 rings (SSSR count). The summed E-state index contributed by atoms with van der Waals surface area (Å²) in [7, 11) is 0. The summed E-state index contributed by atoms with van der Waals surface area (Å²) in [6.45, 7) is 7.69. The zero-order valence-corrected chi connectivity index (χ0v) is 17.6. The Bertz CT molecular complexity index is 842. The number of halogens is 1. The second-order valence-electron chi connectivity index (χ2n) is 8.15. The van der Waals surface area contributed by atoms with Crippen LogP contribution in [0.1, 0.15) is 30.1 Å². The molecule has 1 aromatic heterocycles. The zero-order valence-electron chi connectivity index (χ0n) is 17.6. The summed E-state index contributed by atoms with van der Waals surface area (Å²) in [5, 5.41) is 0. The number of rotatable bonds is 6. The number of piperidine rings is 1. The molecule has 30 heavy (non-hydrogen) atoms. The van der Waals surface area contributed by atoms with E-state index < -0.39 is 0 Å². The number of aromatic amines is 1. The van der Waals surface area contributed by atoms with Crippen LogP contribution in [-0.2, 0) is 16.1 Å². The van der Waals surface area contributed by atoms with E-state index in [0.29, 0.717) is 18.9 Å². The summed E-state index contributed by atoms with van der Waals surface area (Å²) < 4.78 is 24.4. The minimum absolute atomic E-state index is 0.0452. The number of morpholine rings is 1. The van der Waals surface area contributed by atoms with Gasteiger partial charge in [0.2, 0.25) is 5.91 Å². The number of ether oxygens (including phenoxy) is 2. The smallest absolute Gasteiger partial charge is 0.248 e. The number of benzene rings is 1. The van der Waals surface area contributed by atoms with Crippen molar-refractivity contribution in [1.82, 2.24) is 19.8 Å². The molecule has 2 aromatic rings. The van der Waals surface area contributed by atoms with Crippen molar-refractivity contribution in [1.29, 1.82) is 0 Å². The molecule has 1 aromatic carbocycles. The van der Waals surface area contributed by atoms with Gasteiger partial charge in [0.25, 0.3) is 0 Å². The van der Waals surface area contributed by atoms with Crippen molar-refractivity contribution in [3.63, 3.8) is 0 Å². The van der Waals surface area contributed by atoms with Crippen LogP contribution in [0.25, 0.3) is 0 Å². The van der Waals surface area contributed by atoms with Gasteiger partial charge >= 0.3 is 0 Å². The largest absolute Gasteiger partial charge is 0.491 e. The quantitative estimate of drug-likeness (QED) is 0.783. The highest BCUT2D eigenvalue weighted by Gasteiger charge is 2.34. The summed E-state index contributed by atoms with van der Waals surface area (Å²) in [6.07, 6.45) is 1.70. The Morgan fingerprint density at radius 1 is 1.23 bits per heavy atom. The molecular weight excluding hydrogens is 387 g/mol. The van der Waals surface area contributed by atoms with Gasteiger partial charge in [-0.15, -0.1) is 0 Å². The number of imidazole rings is 1. The van der Waals surface area contributed by atoms with Crippen LogP contribution >= 0.6 is 0 Å². The fourth-order valence-corrected chi connectivity index (χ4v) is 4.12. The molecule has 1 unspecified atom stereocenters. The average Bonchev–Trinajstić information content (AvgIpc) is 3.06. The Hall–Kier alpha value is -2.45. The molecule has 1 N–H and O–H groups in total. The molecule has 162 valence electrons. The van der Waals surface area contributed by atoms with Crippen LogP contribution in [0, 0.1) is 19.7 Å². The van der Waals surface area contributed by atoms with Gasteiger partial charge < -0.3 is 19.4 Å². The SMILES string of the molecule is Cc1nc(CN2CCC(N3CC(COc4ccc(F)cc4)OCC3=O)CC2)[nH]c1C. The van der Waals surface area contributed by atoms with Crippen LogP contribution in [0.3, 0.4) is 0 Å². The van der Waals surface area contributed by atoms with Crippen LogP contribution in [0.4, 0.5) is 4.39 Å². The predicted octanol–water partition coefficient (Wildman–Crippen LogP) is 2.44. The lowest BCUT2D eigenvalue weighted by molar-refractivity contribution is -0.155. The lowest BCUT2D eigenvalue weighted by atomic mass is 10.0. The molecule has 8 heteroatoms. The number of nitrogens with zero attached hydrogens (tertiary/aromatic N) is 3. The maximum absolute atomic E-state index is 13.0. The highest BCUT2D eigenvalue weighted by atomic mass is 19.1. The monoisotopic (exact) mass is 416 g/mol. The fourth-order valence-electron chi connectivity index (χ4n) is 4.12. The van der Waals surface area contributed by atoms with Gasteiger partial charge in [-0.25, -0.2) is 9.37 Å². The third kappa shape index (κ3) is 4.99. The van der Waals surface area contributed by atoms with Gasteiger partial charge in [0.05, 0.1) is 18.8 Å². The van der Waals surface area contributed by atoms with Crippen LogP contribution in [-0.4, -0.2) is 70.7 Å². The normalized spacial score (nSPS) is 21.2. The van der Waals surface area contributed by atoms with E-state index in [-0.39, 0.29) is 30.5 Å². The van der Waals surface area contributed by atoms with Gasteiger partial charge in [0.15, 0.2) is 0 Å². The number of likely N-dealkylation sites (tertiary alicyclic amines) is 1. The molecule has 2 aliphatic heterocycles. The van der Waals surface area contributed by atoms with E-state index in [2.05, 4.69) is 14.9 Å². The molecule has 0 bridgehead atoms. The molecule has 2 aliphatic rings. The van der Waals surface area contributed by atoms with Crippen LogP contribution in [0.5, 0.6) is 5.75 Å². The molecule has 1 atom stereocenters. The lowest BCUT2D eigenvalue weighted by Gasteiger charge is -2.42. The number of amides is 1. The van der Waals surface area contributed by atoms with Gasteiger partial charge in [-0.05, 0) is 51.0 Å². The molecule has 0 saturated carbocycles. The minimum Gasteiger partial charge on any atom is -0.491 e. The predicted molar refractivity (Wildman–Crippen MR) is 110 cm³/mol. The van der Waals surface area contributed by atoms with E-state index in [0.717, 1.165) is 49.7 Å². The molecule has 2 fully saturated rings. The lowest BCUT2D eigenvalue weighted by Crippen LogP contribution is -2.55. The Morgan fingerprint density at radius 3 is 2.63 bits per heavy atom. The van der Waals surface area contributed by atoms with Crippen molar-refractivity contribution in [3.05, 3.63) is 47.3 Å². The Kier molecular flexibility index (Phi) is 6.34. The Morgan fingerprint density at radius 2 is 1.97 bits per heavy atom. The number of aryl methyl sites for hydroxylation is 2. The van der Waals surface area contributed by atoms with E-state index >= 15 is 0 Å². The van der Waals surface area contributed by atoms with E-state index in [4.69, 9.17) is 9.47 Å². The first-order valence-electron chi connectivity index (χ1n) is 10.5. The van der Waals surface area contributed by atoms with Crippen molar-refractivity contribution in [2.24, 2.45) is 0 Å². The first-order valence-corrected chi connectivity index (χ1v) is 10.5.